The fraction of sp³-hybridized carbons (Fsp3) is 0.100. The molecule has 0 amide bonds. The van der Waals surface area contributed by atoms with Crippen LogP contribution in [0, 0.1) is 5.82 Å². The molecule has 2 aromatic rings. The Kier molecular flexibility index (Phi) is 2.19. The summed E-state index contributed by atoms with van der Waals surface area (Å²) in [6.07, 6.45) is 1.95. The highest BCUT2D eigenvalue weighted by Gasteiger charge is 1.98. The monoisotopic (exact) mass is 193 g/mol. The van der Waals surface area contributed by atoms with Gasteiger partial charge in [-0.05, 0) is 24.5 Å². The molecule has 0 saturated carbocycles. The number of fused-ring (bicyclic) bond motifs is 1. The van der Waals surface area contributed by atoms with Crippen molar-refractivity contribution < 1.29 is 4.39 Å². The number of nitrogens with zero attached hydrogens (tertiary/aromatic N) is 1. The summed E-state index contributed by atoms with van der Waals surface area (Å²) in [6.45, 7) is 0. The second-order valence-corrected chi connectivity index (χ2v) is 3.52. The van der Waals surface area contributed by atoms with Gasteiger partial charge in [0.05, 0.1) is 10.5 Å². The lowest BCUT2D eigenvalue weighted by atomic mass is 10.2. The molecule has 0 saturated heterocycles. The molecule has 0 aliphatic heterocycles. The van der Waals surface area contributed by atoms with Gasteiger partial charge in [-0.15, -0.1) is 11.8 Å². The number of hydrogen-bond donors (Lipinski definition) is 0. The van der Waals surface area contributed by atoms with Crippen LogP contribution < -0.4 is 0 Å². The number of halogens is 1. The molecule has 1 aromatic carbocycles. The zero-order valence-electron chi connectivity index (χ0n) is 7.12. The lowest BCUT2D eigenvalue weighted by molar-refractivity contribution is 0.629. The van der Waals surface area contributed by atoms with Gasteiger partial charge in [0.25, 0.3) is 0 Å². The van der Waals surface area contributed by atoms with Crippen molar-refractivity contribution in [2.75, 3.05) is 6.26 Å². The van der Waals surface area contributed by atoms with E-state index >= 15 is 0 Å². The van der Waals surface area contributed by atoms with E-state index < -0.39 is 0 Å². The van der Waals surface area contributed by atoms with Crippen LogP contribution in [0.15, 0.2) is 35.4 Å². The third-order valence-electron chi connectivity index (χ3n) is 1.84. The van der Waals surface area contributed by atoms with Crippen molar-refractivity contribution in [2.24, 2.45) is 0 Å². The van der Waals surface area contributed by atoms with E-state index in [1.54, 1.807) is 17.8 Å². The van der Waals surface area contributed by atoms with Crippen LogP contribution in [-0.2, 0) is 0 Å². The number of aromatic nitrogens is 1. The summed E-state index contributed by atoms with van der Waals surface area (Å²) < 4.78 is 12.8. The van der Waals surface area contributed by atoms with E-state index in [2.05, 4.69) is 4.98 Å². The smallest absolute Gasteiger partial charge is 0.125 e. The van der Waals surface area contributed by atoms with Crippen LogP contribution in [0.2, 0.25) is 0 Å². The molecular weight excluding hydrogens is 185 g/mol. The molecule has 13 heavy (non-hydrogen) atoms. The average Bonchev–Trinajstić information content (AvgIpc) is 2.16. The quantitative estimate of drug-likeness (QED) is 0.645. The van der Waals surface area contributed by atoms with Crippen LogP contribution in [0.5, 0.6) is 0 Å². The van der Waals surface area contributed by atoms with Gasteiger partial charge in [0.1, 0.15) is 5.82 Å². The van der Waals surface area contributed by atoms with Gasteiger partial charge in [0, 0.05) is 11.5 Å². The first kappa shape index (κ1) is 8.51. The normalized spacial score (nSPS) is 10.6. The van der Waals surface area contributed by atoms with E-state index in [0.29, 0.717) is 5.52 Å². The third-order valence-corrected chi connectivity index (χ3v) is 2.48. The number of hydrogen-bond acceptors (Lipinski definition) is 2. The first-order valence-corrected chi connectivity index (χ1v) is 5.12. The molecule has 66 valence electrons. The van der Waals surface area contributed by atoms with Crippen molar-refractivity contribution in [3.63, 3.8) is 0 Å². The minimum Gasteiger partial charge on any atom is -0.241 e. The molecule has 0 aliphatic carbocycles. The zero-order valence-corrected chi connectivity index (χ0v) is 7.94. The van der Waals surface area contributed by atoms with Crippen molar-refractivity contribution in [2.45, 2.75) is 5.03 Å². The second kappa shape index (κ2) is 3.34. The van der Waals surface area contributed by atoms with Gasteiger partial charge < -0.3 is 0 Å². The Bertz CT molecular complexity index is 442. The van der Waals surface area contributed by atoms with Gasteiger partial charge in [-0.3, -0.25) is 0 Å². The van der Waals surface area contributed by atoms with Crippen LogP contribution >= 0.6 is 11.8 Å². The summed E-state index contributed by atoms with van der Waals surface area (Å²) in [5, 5.41) is 1.89. The molecular formula is C10H8FNS. The highest BCUT2D eigenvalue weighted by molar-refractivity contribution is 7.98. The SMILES string of the molecule is CSc1ccc2ccc(F)cc2n1. The number of thioether (sulfide) groups is 1. The Balaban J connectivity index is 2.68. The van der Waals surface area contributed by atoms with E-state index in [-0.39, 0.29) is 5.82 Å². The molecule has 0 aliphatic rings. The van der Waals surface area contributed by atoms with E-state index in [1.165, 1.54) is 12.1 Å². The summed E-state index contributed by atoms with van der Waals surface area (Å²) in [4.78, 5) is 4.28. The van der Waals surface area contributed by atoms with Crippen molar-refractivity contribution in [3.8, 4) is 0 Å². The predicted molar refractivity (Wildman–Crippen MR) is 53.5 cm³/mol. The van der Waals surface area contributed by atoms with Gasteiger partial charge in [0.15, 0.2) is 0 Å². The maximum Gasteiger partial charge on any atom is 0.125 e. The lowest BCUT2D eigenvalue weighted by Crippen LogP contribution is -1.82. The van der Waals surface area contributed by atoms with Gasteiger partial charge in [-0.2, -0.15) is 0 Å². The summed E-state index contributed by atoms with van der Waals surface area (Å²) in [5.74, 6) is -0.238. The van der Waals surface area contributed by atoms with Crippen LogP contribution in [0.25, 0.3) is 10.9 Å². The second-order valence-electron chi connectivity index (χ2n) is 2.69. The van der Waals surface area contributed by atoms with Crippen LogP contribution in [0.3, 0.4) is 0 Å². The molecule has 2 rings (SSSR count). The number of benzene rings is 1. The molecule has 1 heterocycles. The van der Waals surface area contributed by atoms with Gasteiger partial charge in [0.2, 0.25) is 0 Å². The number of pyridine rings is 1. The first-order valence-electron chi connectivity index (χ1n) is 3.90. The molecule has 0 unspecified atom stereocenters. The van der Waals surface area contributed by atoms with Gasteiger partial charge in [-0.25, -0.2) is 9.37 Å². The summed E-state index contributed by atoms with van der Waals surface area (Å²) in [5.41, 5.74) is 0.715. The van der Waals surface area contributed by atoms with Crippen molar-refractivity contribution in [1.29, 1.82) is 0 Å². The Morgan fingerprint density at radius 1 is 1.23 bits per heavy atom. The maximum atomic E-state index is 12.8. The predicted octanol–water partition coefficient (Wildman–Crippen LogP) is 3.10. The molecule has 0 N–H and O–H groups in total. The largest absolute Gasteiger partial charge is 0.241 e. The van der Waals surface area contributed by atoms with Crippen molar-refractivity contribution in [1.82, 2.24) is 4.98 Å². The molecule has 3 heteroatoms. The summed E-state index contributed by atoms with van der Waals surface area (Å²) in [7, 11) is 0. The summed E-state index contributed by atoms with van der Waals surface area (Å²) in [6, 6.07) is 8.53. The molecule has 1 aromatic heterocycles. The minimum absolute atomic E-state index is 0.238. The lowest BCUT2D eigenvalue weighted by Gasteiger charge is -1.99. The molecule has 0 fully saturated rings. The van der Waals surface area contributed by atoms with Gasteiger partial charge >= 0.3 is 0 Å². The number of rotatable bonds is 1. The van der Waals surface area contributed by atoms with E-state index in [0.717, 1.165) is 10.4 Å². The van der Waals surface area contributed by atoms with Gasteiger partial charge in [-0.1, -0.05) is 6.07 Å². The average molecular weight is 193 g/mol. The standard InChI is InChI=1S/C10H8FNS/c1-13-10-5-3-7-2-4-8(11)6-9(7)12-10/h2-6H,1H3. The Morgan fingerprint density at radius 3 is 2.77 bits per heavy atom. The first-order chi connectivity index (χ1) is 6.29. The van der Waals surface area contributed by atoms with Crippen molar-refractivity contribution in [3.05, 3.63) is 36.1 Å². The summed E-state index contributed by atoms with van der Waals surface area (Å²) >= 11 is 1.56. The molecule has 0 bridgehead atoms. The molecule has 0 spiro atoms. The van der Waals surface area contributed by atoms with E-state index in [1.807, 2.05) is 18.4 Å². The topological polar surface area (TPSA) is 12.9 Å². The van der Waals surface area contributed by atoms with E-state index in [9.17, 15) is 4.39 Å². The van der Waals surface area contributed by atoms with E-state index in [4.69, 9.17) is 0 Å². The van der Waals surface area contributed by atoms with Crippen molar-refractivity contribution >= 4 is 22.7 Å². The van der Waals surface area contributed by atoms with Crippen LogP contribution in [0.4, 0.5) is 4.39 Å². The third kappa shape index (κ3) is 1.65. The highest BCUT2D eigenvalue weighted by Crippen LogP contribution is 2.18. The molecule has 1 nitrogen and oxygen atoms in total. The Morgan fingerprint density at radius 2 is 2.00 bits per heavy atom. The van der Waals surface area contributed by atoms with Crippen LogP contribution in [0.1, 0.15) is 0 Å². The zero-order chi connectivity index (χ0) is 9.26. The highest BCUT2D eigenvalue weighted by atomic mass is 32.2. The Hall–Kier alpha value is -1.09. The molecule has 0 radical (unpaired) electrons. The minimum atomic E-state index is -0.238. The van der Waals surface area contributed by atoms with Crippen LogP contribution in [-0.4, -0.2) is 11.2 Å². The fourth-order valence-electron chi connectivity index (χ4n) is 1.19. The fourth-order valence-corrected chi connectivity index (χ4v) is 1.58. The molecule has 0 atom stereocenters. The Labute approximate surface area is 80.0 Å². The maximum absolute atomic E-state index is 12.8.